The lowest BCUT2D eigenvalue weighted by atomic mass is 10.1. The summed E-state index contributed by atoms with van der Waals surface area (Å²) in [5.74, 6) is -1.77. The van der Waals surface area contributed by atoms with Crippen molar-refractivity contribution in [3.05, 3.63) is 0 Å². The molecule has 1 atom stereocenters. The minimum Gasteiger partial charge on any atom is -0.481 e. The third-order valence-electron chi connectivity index (χ3n) is 2.77. The Kier molecular flexibility index (Phi) is 5.28. The van der Waals surface area contributed by atoms with Gasteiger partial charge in [0.15, 0.2) is 0 Å². The highest BCUT2D eigenvalue weighted by molar-refractivity contribution is 6.01. The maximum Gasteiger partial charge on any atom is 0.317 e. The molecule has 8 heteroatoms. The molecule has 1 aliphatic rings. The Balaban J connectivity index is 2.35. The predicted molar refractivity (Wildman–Crippen MR) is 64.2 cm³/mol. The quantitative estimate of drug-likeness (QED) is 0.572. The summed E-state index contributed by atoms with van der Waals surface area (Å²) in [6, 6.07) is -1.17. The van der Waals surface area contributed by atoms with Crippen molar-refractivity contribution in [2.24, 2.45) is 0 Å². The van der Waals surface area contributed by atoms with Crippen LogP contribution in [0, 0.1) is 0 Å². The summed E-state index contributed by atoms with van der Waals surface area (Å²) in [6.07, 6.45) is 0.795. The van der Waals surface area contributed by atoms with E-state index in [-0.39, 0.29) is 31.7 Å². The van der Waals surface area contributed by atoms with Gasteiger partial charge in [0.1, 0.15) is 6.04 Å². The summed E-state index contributed by atoms with van der Waals surface area (Å²) >= 11 is 0. The van der Waals surface area contributed by atoms with Crippen molar-refractivity contribution >= 4 is 23.8 Å². The van der Waals surface area contributed by atoms with E-state index in [1.807, 2.05) is 0 Å². The van der Waals surface area contributed by atoms with Crippen LogP contribution in [0.3, 0.4) is 0 Å². The molecule has 0 aliphatic carbocycles. The number of nitrogens with one attached hydrogen (secondary N) is 2. The molecule has 19 heavy (non-hydrogen) atoms. The van der Waals surface area contributed by atoms with Crippen LogP contribution in [0.1, 0.15) is 25.7 Å². The fourth-order valence-electron chi connectivity index (χ4n) is 1.66. The second kappa shape index (κ2) is 6.72. The Morgan fingerprint density at radius 3 is 2.74 bits per heavy atom. The number of carbonyl (C=O) groups is 4. The lowest BCUT2D eigenvalue weighted by molar-refractivity contribution is -0.137. The summed E-state index contributed by atoms with van der Waals surface area (Å²) in [5, 5.41) is 13.1. The second-order valence-corrected chi connectivity index (χ2v) is 4.37. The van der Waals surface area contributed by atoms with Crippen LogP contribution in [0.4, 0.5) is 4.79 Å². The molecule has 106 valence electrons. The van der Waals surface area contributed by atoms with Gasteiger partial charge in [-0.1, -0.05) is 0 Å². The number of hydrogen-bond donors (Lipinski definition) is 3. The number of piperidine rings is 1. The lowest BCUT2D eigenvalue weighted by Gasteiger charge is -2.25. The number of imide groups is 1. The smallest absolute Gasteiger partial charge is 0.317 e. The van der Waals surface area contributed by atoms with Crippen LogP contribution >= 0.6 is 0 Å². The van der Waals surface area contributed by atoms with Gasteiger partial charge in [-0.25, -0.2) is 4.79 Å². The molecule has 0 aromatic rings. The minimum absolute atomic E-state index is 0.0178. The van der Waals surface area contributed by atoms with E-state index in [4.69, 9.17) is 5.11 Å². The van der Waals surface area contributed by atoms with E-state index in [1.54, 1.807) is 0 Å². The van der Waals surface area contributed by atoms with E-state index < -0.39 is 23.9 Å². The molecule has 1 heterocycles. The van der Waals surface area contributed by atoms with Gasteiger partial charge in [-0.15, -0.1) is 0 Å². The number of amides is 4. The van der Waals surface area contributed by atoms with Crippen LogP contribution in [-0.4, -0.2) is 53.5 Å². The highest BCUT2D eigenvalue weighted by Gasteiger charge is 2.28. The molecule has 4 amide bonds. The van der Waals surface area contributed by atoms with Gasteiger partial charge < -0.3 is 15.3 Å². The standard InChI is InChI=1S/C11H17N3O5/c1-14(6-2-3-9(16)17)11(19)12-7-4-5-8(15)13-10(7)18/h7H,2-6H2,1H3,(H,12,19)(H,16,17)(H,13,15,18). The normalized spacial score (nSPS) is 18.7. The second-order valence-electron chi connectivity index (χ2n) is 4.37. The molecule has 8 nitrogen and oxygen atoms in total. The molecule has 0 bridgehead atoms. The number of hydrogen-bond acceptors (Lipinski definition) is 4. The maximum atomic E-state index is 11.7. The molecule has 1 fully saturated rings. The van der Waals surface area contributed by atoms with Crippen molar-refractivity contribution in [3.8, 4) is 0 Å². The van der Waals surface area contributed by atoms with Crippen LogP contribution in [0.15, 0.2) is 0 Å². The van der Waals surface area contributed by atoms with Gasteiger partial charge in [-0.05, 0) is 12.8 Å². The molecule has 1 rings (SSSR count). The van der Waals surface area contributed by atoms with E-state index in [1.165, 1.54) is 11.9 Å². The number of aliphatic carboxylic acids is 1. The fourth-order valence-corrected chi connectivity index (χ4v) is 1.66. The van der Waals surface area contributed by atoms with Gasteiger partial charge in [-0.2, -0.15) is 0 Å². The zero-order valence-corrected chi connectivity index (χ0v) is 10.6. The molecule has 0 saturated carbocycles. The van der Waals surface area contributed by atoms with E-state index in [2.05, 4.69) is 10.6 Å². The van der Waals surface area contributed by atoms with Crippen LogP contribution in [-0.2, 0) is 14.4 Å². The predicted octanol–water partition coefficient (Wildman–Crippen LogP) is -0.702. The molecule has 0 aromatic carbocycles. The van der Waals surface area contributed by atoms with Gasteiger partial charge in [0, 0.05) is 26.4 Å². The first-order valence-corrected chi connectivity index (χ1v) is 5.97. The van der Waals surface area contributed by atoms with Crippen molar-refractivity contribution in [1.82, 2.24) is 15.5 Å². The number of rotatable bonds is 5. The number of urea groups is 1. The molecule has 0 spiro atoms. The van der Waals surface area contributed by atoms with Crippen molar-refractivity contribution in [2.45, 2.75) is 31.7 Å². The topological polar surface area (TPSA) is 116 Å². The number of carbonyl (C=O) groups excluding carboxylic acids is 3. The average Bonchev–Trinajstić information content (AvgIpc) is 2.32. The highest BCUT2D eigenvalue weighted by Crippen LogP contribution is 2.05. The lowest BCUT2D eigenvalue weighted by Crippen LogP contribution is -2.54. The average molecular weight is 271 g/mol. The first kappa shape index (κ1) is 14.9. The Morgan fingerprint density at radius 1 is 1.47 bits per heavy atom. The number of carboxylic acid groups (broad SMARTS) is 1. The molecule has 0 aromatic heterocycles. The van der Waals surface area contributed by atoms with Crippen LogP contribution in [0.25, 0.3) is 0 Å². The Hall–Kier alpha value is -2.12. The maximum absolute atomic E-state index is 11.7. The van der Waals surface area contributed by atoms with Crippen molar-refractivity contribution in [2.75, 3.05) is 13.6 Å². The van der Waals surface area contributed by atoms with Crippen molar-refractivity contribution < 1.29 is 24.3 Å². The van der Waals surface area contributed by atoms with Gasteiger partial charge >= 0.3 is 12.0 Å². The third-order valence-corrected chi connectivity index (χ3v) is 2.77. The first-order valence-electron chi connectivity index (χ1n) is 5.97. The first-order chi connectivity index (χ1) is 8.90. The zero-order chi connectivity index (χ0) is 14.4. The number of nitrogens with zero attached hydrogens (tertiary/aromatic N) is 1. The monoisotopic (exact) mass is 271 g/mol. The van der Waals surface area contributed by atoms with Gasteiger partial charge in [0.2, 0.25) is 11.8 Å². The Bertz CT molecular complexity index is 396. The molecule has 3 N–H and O–H groups in total. The van der Waals surface area contributed by atoms with E-state index in [9.17, 15) is 19.2 Å². The summed E-state index contributed by atoms with van der Waals surface area (Å²) in [4.78, 5) is 45.7. The van der Waals surface area contributed by atoms with Crippen molar-refractivity contribution in [3.63, 3.8) is 0 Å². The van der Waals surface area contributed by atoms with Gasteiger partial charge in [0.05, 0.1) is 0 Å². The molecule has 1 saturated heterocycles. The van der Waals surface area contributed by atoms with E-state index in [0.29, 0.717) is 6.42 Å². The summed E-state index contributed by atoms with van der Waals surface area (Å²) in [7, 11) is 1.52. The fraction of sp³-hybridized carbons (Fsp3) is 0.636. The summed E-state index contributed by atoms with van der Waals surface area (Å²) < 4.78 is 0. The van der Waals surface area contributed by atoms with Crippen molar-refractivity contribution in [1.29, 1.82) is 0 Å². The molecule has 1 unspecified atom stereocenters. The Labute approximate surface area is 110 Å². The highest BCUT2D eigenvalue weighted by atomic mass is 16.4. The molecular formula is C11H17N3O5. The zero-order valence-electron chi connectivity index (χ0n) is 10.6. The SMILES string of the molecule is CN(CCCC(=O)O)C(=O)NC1CCC(=O)NC1=O. The molecule has 1 aliphatic heterocycles. The van der Waals surface area contributed by atoms with Gasteiger partial charge in [0.25, 0.3) is 0 Å². The summed E-state index contributed by atoms with van der Waals surface area (Å²) in [5.41, 5.74) is 0. The van der Waals surface area contributed by atoms with E-state index in [0.717, 1.165) is 0 Å². The molecular weight excluding hydrogens is 254 g/mol. The van der Waals surface area contributed by atoms with Gasteiger partial charge in [-0.3, -0.25) is 19.7 Å². The van der Waals surface area contributed by atoms with Crippen LogP contribution < -0.4 is 10.6 Å². The third kappa shape index (κ3) is 4.94. The minimum atomic E-state index is -0.918. The molecule has 0 radical (unpaired) electrons. The largest absolute Gasteiger partial charge is 0.481 e. The summed E-state index contributed by atoms with van der Waals surface area (Å²) in [6.45, 7) is 0.283. The van der Waals surface area contributed by atoms with E-state index >= 15 is 0 Å². The Morgan fingerprint density at radius 2 is 2.16 bits per heavy atom. The van der Waals surface area contributed by atoms with Crippen LogP contribution in [0.2, 0.25) is 0 Å². The van der Waals surface area contributed by atoms with Crippen LogP contribution in [0.5, 0.6) is 0 Å². The number of carboxylic acids is 1.